The van der Waals surface area contributed by atoms with Gasteiger partial charge in [0.25, 0.3) is 0 Å². The van der Waals surface area contributed by atoms with Gasteiger partial charge in [-0.1, -0.05) is 0 Å². The molecule has 1 aromatic carbocycles. The smallest absolute Gasteiger partial charge is 0.308 e. The van der Waals surface area contributed by atoms with Crippen molar-refractivity contribution in [3.63, 3.8) is 0 Å². The van der Waals surface area contributed by atoms with Crippen molar-refractivity contribution in [2.75, 3.05) is 26.3 Å². The number of ether oxygens (including phenoxy) is 2. The first-order chi connectivity index (χ1) is 9.22. The summed E-state index contributed by atoms with van der Waals surface area (Å²) in [5.41, 5.74) is 0. The van der Waals surface area contributed by atoms with Crippen molar-refractivity contribution in [2.45, 2.75) is 19.8 Å². The highest BCUT2D eigenvalue weighted by Gasteiger charge is 1.99. The van der Waals surface area contributed by atoms with Crippen LogP contribution in [0.5, 0.6) is 11.5 Å². The molecule has 0 aliphatic heterocycles. The first kappa shape index (κ1) is 15.5. The molecule has 106 valence electrons. The van der Waals surface area contributed by atoms with Gasteiger partial charge in [-0.15, -0.1) is 0 Å². The van der Waals surface area contributed by atoms with Crippen LogP contribution in [0.1, 0.15) is 19.8 Å². The molecule has 0 amide bonds. The quantitative estimate of drug-likeness (QED) is 0.401. The highest BCUT2D eigenvalue weighted by atomic mass is 16.5. The van der Waals surface area contributed by atoms with Gasteiger partial charge < -0.3 is 19.9 Å². The number of benzene rings is 1. The van der Waals surface area contributed by atoms with Crippen LogP contribution in [0.4, 0.5) is 0 Å². The molecule has 0 saturated carbocycles. The second-order valence-electron chi connectivity index (χ2n) is 4.09. The second kappa shape index (κ2) is 9.35. The summed E-state index contributed by atoms with van der Waals surface area (Å²) in [5, 5.41) is 11.8. The van der Waals surface area contributed by atoms with Gasteiger partial charge in [-0.3, -0.25) is 4.79 Å². The van der Waals surface area contributed by atoms with E-state index >= 15 is 0 Å². The molecule has 0 aliphatic carbocycles. The highest BCUT2D eigenvalue weighted by Crippen LogP contribution is 2.17. The number of aliphatic hydroxyl groups excluding tert-OH is 1. The molecule has 1 aromatic rings. The minimum absolute atomic E-state index is 0.220. The van der Waals surface area contributed by atoms with Crippen molar-refractivity contribution in [3.05, 3.63) is 24.3 Å². The zero-order valence-electron chi connectivity index (χ0n) is 11.2. The van der Waals surface area contributed by atoms with Crippen molar-refractivity contribution < 1.29 is 19.4 Å². The van der Waals surface area contributed by atoms with E-state index in [4.69, 9.17) is 14.6 Å². The fourth-order valence-corrected chi connectivity index (χ4v) is 1.49. The minimum atomic E-state index is -0.331. The van der Waals surface area contributed by atoms with E-state index in [0.29, 0.717) is 12.4 Å². The van der Waals surface area contributed by atoms with Crippen molar-refractivity contribution in [1.29, 1.82) is 0 Å². The maximum Gasteiger partial charge on any atom is 0.308 e. The van der Waals surface area contributed by atoms with Crippen LogP contribution in [-0.2, 0) is 4.79 Å². The number of carbonyl (C=O) groups is 1. The molecule has 5 nitrogen and oxygen atoms in total. The van der Waals surface area contributed by atoms with Gasteiger partial charge in [0.2, 0.25) is 0 Å². The van der Waals surface area contributed by atoms with Crippen LogP contribution in [0.15, 0.2) is 24.3 Å². The Balaban J connectivity index is 2.14. The Bertz CT molecular complexity index is 364. The Morgan fingerprint density at radius 1 is 1.16 bits per heavy atom. The zero-order chi connectivity index (χ0) is 13.9. The third-order valence-electron chi connectivity index (χ3n) is 2.36. The van der Waals surface area contributed by atoms with Gasteiger partial charge in [-0.05, 0) is 50.2 Å². The van der Waals surface area contributed by atoms with Crippen LogP contribution in [0.25, 0.3) is 0 Å². The largest absolute Gasteiger partial charge is 0.494 e. The number of rotatable bonds is 9. The van der Waals surface area contributed by atoms with Crippen LogP contribution >= 0.6 is 0 Å². The normalized spacial score (nSPS) is 10.2. The van der Waals surface area contributed by atoms with E-state index in [1.165, 1.54) is 6.92 Å². The lowest BCUT2D eigenvalue weighted by Crippen LogP contribution is -2.19. The topological polar surface area (TPSA) is 67.8 Å². The van der Waals surface area contributed by atoms with E-state index in [1.807, 2.05) is 0 Å². The molecular formula is C14H21NO4. The van der Waals surface area contributed by atoms with Crippen LogP contribution < -0.4 is 14.8 Å². The Kier molecular flexibility index (Phi) is 7.62. The van der Waals surface area contributed by atoms with Crippen LogP contribution in [0, 0.1) is 0 Å². The average molecular weight is 267 g/mol. The van der Waals surface area contributed by atoms with Gasteiger partial charge >= 0.3 is 5.97 Å². The van der Waals surface area contributed by atoms with Gasteiger partial charge in [-0.25, -0.2) is 0 Å². The molecule has 0 fully saturated rings. The summed E-state index contributed by atoms with van der Waals surface area (Å²) >= 11 is 0. The molecule has 5 heteroatoms. The van der Waals surface area contributed by atoms with Crippen molar-refractivity contribution in [3.8, 4) is 11.5 Å². The zero-order valence-corrected chi connectivity index (χ0v) is 11.2. The number of carbonyl (C=O) groups excluding carboxylic acids is 1. The third kappa shape index (κ3) is 7.43. The molecule has 2 N–H and O–H groups in total. The molecule has 0 saturated heterocycles. The highest BCUT2D eigenvalue weighted by molar-refractivity contribution is 5.69. The summed E-state index contributed by atoms with van der Waals surface area (Å²) in [6.07, 6.45) is 1.68. The van der Waals surface area contributed by atoms with Gasteiger partial charge in [0.05, 0.1) is 6.61 Å². The summed E-state index contributed by atoms with van der Waals surface area (Å²) in [6.45, 7) is 3.91. The number of hydrogen-bond acceptors (Lipinski definition) is 5. The maximum absolute atomic E-state index is 10.7. The van der Waals surface area contributed by atoms with E-state index < -0.39 is 0 Å². The number of hydrogen-bond donors (Lipinski definition) is 2. The summed E-state index contributed by atoms with van der Waals surface area (Å²) < 4.78 is 10.5. The lowest BCUT2D eigenvalue weighted by atomic mass is 10.3. The molecule has 0 atom stereocenters. The van der Waals surface area contributed by atoms with Crippen LogP contribution in [-0.4, -0.2) is 37.4 Å². The molecule has 0 aromatic heterocycles. The Labute approximate surface area is 113 Å². The summed E-state index contributed by atoms with van der Waals surface area (Å²) in [6, 6.07) is 6.96. The number of aliphatic hydroxyl groups is 1. The molecule has 0 heterocycles. The fourth-order valence-electron chi connectivity index (χ4n) is 1.49. The molecule has 0 bridgehead atoms. The summed E-state index contributed by atoms with van der Waals surface area (Å²) in [5.74, 6) is 0.944. The first-order valence-corrected chi connectivity index (χ1v) is 6.45. The summed E-state index contributed by atoms with van der Waals surface area (Å²) in [4.78, 5) is 10.7. The minimum Gasteiger partial charge on any atom is -0.494 e. The molecular weight excluding hydrogens is 246 g/mol. The lowest BCUT2D eigenvalue weighted by Gasteiger charge is -2.07. The van der Waals surface area contributed by atoms with E-state index in [0.717, 1.165) is 31.7 Å². The Morgan fingerprint density at radius 3 is 2.42 bits per heavy atom. The molecule has 0 spiro atoms. The first-order valence-electron chi connectivity index (χ1n) is 6.45. The molecule has 19 heavy (non-hydrogen) atoms. The van der Waals surface area contributed by atoms with E-state index in [9.17, 15) is 4.79 Å². The Morgan fingerprint density at radius 2 is 1.79 bits per heavy atom. The van der Waals surface area contributed by atoms with Crippen LogP contribution in [0.3, 0.4) is 0 Å². The average Bonchev–Trinajstić information content (AvgIpc) is 2.39. The predicted octanol–water partition coefficient (Wildman–Crippen LogP) is 1.35. The SMILES string of the molecule is CC(=O)Oc1ccc(OCCCNCCCO)cc1. The standard InChI is InChI=1S/C14H21NO4/c1-12(17)19-14-6-4-13(5-7-14)18-11-3-9-15-8-2-10-16/h4-7,15-16H,2-3,8-11H2,1H3. The molecule has 0 radical (unpaired) electrons. The van der Waals surface area contributed by atoms with E-state index in [1.54, 1.807) is 24.3 Å². The van der Waals surface area contributed by atoms with Gasteiger partial charge in [0.1, 0.15) is 11.5 Å². The van der Waals surface area contributed by atoms with Gasteiger partial charge in [0, 0.05) is 13.5 Å². The predicted molar refractivity (Wildman–Crippen MR) is 72.4 cm³/mol. The molecule has 0 unspecified atom stereocenters. The monoisotopic (exact) mass is 267 g/mol. The maximum atomic E-state index is 10.7. The lowest BCUT2D eigenvalue weighted by molar-refractivity contribution is -0.131. The third-order valence-corrected chi connectivity index (χ3v) is 2.36. The van der Waals surface area contributed by atoms with E-state index in [2.05, 4.69) is 5.32 Å². The van der Waals surface area contributed by atoms with Crippen molar-refractivity contribution in [2.24, 2.45) is 0 Å². The van der Waals surface area contributed by atoms with E-state index in [-0.39, 0.29) is 12.6 Å². The molecule has 1 rings (SSSR count). The molecule has 0 aliphatic rings. The van der Waals surface area contributed by atoms with Gasteiger partial charge in [0.15, 0.2) is 0 Å². The van der Waals surface area contributed by atoms with Crippen molar-refractivity contribution >= 4 is 5.97 Å². The number of nitrogens with one attached hydrogen (secondary N) is 1. The summed E-state index contributed by atoms with van der Waals surface area (Å²) in [7, 11) is 0. The Hall–Kier alpha value is -1.59. The fraction of sp³-hybridized carbons (Fsp3) is 0.500. The number of esters is 1. The van der Waals surface area contributed by atoms with Crippen molar-refractivity contribution in [1.82, 2.24) is 5.32 Å². The van der Waals surface area contributed by atoms with Crippen LogP contribution in [0.2, 0.25) is 0 Å². The van der Waals surface area contributed by atoms with Gasteiger partial charge in [-0.2, -0.15) is 0 Å². The second-order valence-corrected chi connectivity index (χ2v) is 4.09.